The number of amides is 2. The van der Waals surface area contributed by atoms with Crippen molar-refractivity contribution in [2.75, 3.05) is 0 Å². The fraction of sp³-hybridized carbons (Fsp3) is 0.667. The van der Waals surface area contributed by atoms with Crippen LogP contribution >= 0.6 is 0 Å². The zero-order chi connectivity index (χ0) is 9.30. The molecule has 68 valence electrons. The summed E-state index contributed by atoms with van der Waals surface area (Å²) in [6, 6.07) is -1.22. The topological polar surface area (TPSA) is 92.7 Å². The Kier molecular flexibility index (Phi) is 2.18. The lowest BCUT2D eigenvalue weighted by atomic mass is 10.2. The molecule has 1 rings (SSSR count). The molecule has 12 heavy (non-hydrogen) atoms. The predicted molar refractivity (Wildman–Crippen MR) is 35.0 cm³/mol. The van der Waals surface area contributed by atoms with Gasteiger partial charge in [-0.15, -0.1) is 0 Å². The van der Waals surface area contributed by atoms with Crippen LogP contribution in [0.4, 0.5) is 4.79 Å². The van der Waals surface area contributed by atoms with Gasteiger partial charge in [0.15, 0.2) is 0 Å². The molecule has 6 heteroatoms. The number of carbonyl (C=O) groups excluding carboxylic acids is 2. The summed E-state index contributed by atoms with van der Waals surface area (Å²) in [5, 5.41) is 21.5. The Balaban J connectivity index is 2.59. The largest absolute Gasteiger partial charge is 0.530 e. The van der Waals surface area contributed by atoms with Crippen molar-refractivity contribution in [2.24, 2.45) is 0 Å². The van der Waals surface area contributed by atoms with Gasteiger partial charge in [-0.3, -0.25) is 10.0 Å². The number of carboxylic acid groups (broad SMARTS) is 1. The van der Waals surface area contributed by atoms with E-state index in [1.54, 1.807) is 6.92 Å². The first-order valence-corrected chi connectivity index (χ1v) is 3.52. The summed E-state index contributed by atoms with van der Waals surface area (Å²) in [6.07, 6.45) is -1.24. The van der Waals surface area contributed by atoms with Crippen molar-refractivity contribution in [2.45, 2.75) is 25.4 Å². The minimum Gasteiger partial charge on any atom is -0.530 e. The van der Waals surface area contributed by atoms with Crippen LogP contribution in [0.25, 0.3) is 0 Å². The zero-order valence-corrected chi connectivity index (χ0v) is 6.48. The first-order valence-electron chi connectivity index (χ1n) is 3.52. The molecule has 6 nitrogen and oxygen atoms in total. The Hall–Kier alpha value is -1.30. The fourth-order valence-electron chi connectivity index (χ4n) is 1.18. The van der Waals surface area contributed by atoms with E-state index < -0.39 is 18.0 Å². The van der Waals surface area contributed by atoms with Crippen molar-refractivity contribution in [3.8, 4) is 0 Å². The molecule has 1 heterocycles. The minimum atomic E-state index is -1.50. The Bertz CT molecular complexity index is 218. The predicted octanol–water partition coefficient (Wildman–Crippen LogP) is -1.70. The van der Waals surface area contributed by atoms with Crippen molar-refractivity contribution in [3.63, 3.8) is 0 Å². The molecule has 0 spiro atoms. The molecule has 0 radical (unpaired) electrons. The van der Waals surface area contributed by atoms with E-state index in [1.807, 2.05) is 5.32 Å². The van der Waals surface area contributed by atoms with Crippen molar-refractivity contribution in [1.29, 1.82) is 0 Å². The fourth-order valence-corrected chi connectivity index (χ4v) is 1.18. The number of nitrogens with one attached hydrogen (secondary N) is 1. The summed E-state index contributed by atoms with van der Waals surface area (Å²) in [5.74, 6) is -0.633. The van der Waals surface area contributed by atoms with Gasteiger partial charge in [0.25, 0.3) is 5.91 Å². The van der Waals surface area contributed by atoms with Gasteiger partial charge >= 0.3 is 0 Å². The second-order valence-electron chi connectivity index (χ2n) is 2.75. The van der Waals surface area contributed by atoms with E-state index in [1.165, 1.54) is 0 Å². The van der Waals surface area contributed by atoms with E-state index in [-0.39, 0.29) is 12.5 Å². The van der Waals surface area contributed by atoms with Gasteiger partial charge < -0.3 is 15.2 Å². The molecule has 2 unspecified atom stereocenters. The second kappa shape index (κ2) is 2.98. The lowest BCUT2D eigenvalue weighted by Gasteiger charge is -2.12. The highest BCUT2D eigenvalue weighted by Crippen LogP contribution is 2.15. The third kappa shape index (κ3) is 1.48. The number of rotatable bonds is 1. The second-order valence-corrected chi connectivity index (χ2v) is 2.75. The molecule has 0 aromatic heterocycles. The third-order valence-corrected chi connectivity index (χ3v) is 1.81. The highest BCUT2D eigenvalue weighted by molar-refractivity contribution is 5.86. The highest BCUT2D eigenvalue weighted by atomic mass is 16.5. The molecule has 0 bridgehead atoms. The smallest absolute Gasteiger partial charge is 0.268 e. The zero-order valence-electron chi connectivity index (χ0n) is 6.48. The first-order chi connectivity index (χ1) is 5.52. The van der Waals surface area contributed by atoms with Crippen LogP contribution in [0.3, 0.4) is 0 Å². The minimum absolute atomic E-state index is 0.267. The van der Waals surface area contributed by atoms with Crippen LogP contribution in [-0.2, 0) is 4.79 Å². The van der Waals surface area contributed by atoms with Gasteiger partial charge in [0.05, 0.1) is 6.04 Å². The van der Waals surface area contributed by atoms with E-state index in [9.17, 15) is 14.7 Å². The molecule has 2 amide bonds. The summed E-state index contributed by atoms with van der Waals surface area (Å²) >= 11 is 0. The van der Waals surface area contributed by atoms with Crippen molar-refractivity contribution in [1.82, 2.24) is 10.4 Å². The van der Waals surface area contributed by atoms with Crippen molar-refractivity contribution in [3.05, 3.63) is 0 Å². The first kappa shape index (κ1) is 8.79. The standard InChI is InChI=1S/C6H10N2O4/c1-3-2-4(7-6(10)11)5(9)8(3)12/h3-4,7,12H,2H2,1H3,(H,10,11)/p-1. The quantitative estimate of drug-likeness (QED) is 0.462. The van der Waals surface area contributed by atoms with E-state index in [0.29, 0.717) is 5.06 Å². The molecule has 1 saturated heterocycles. The van der Waals surface area contributed by atoms with E-state index >= 15 is 0 Å². The maximum absolute atomic E-state index is 11.0. The monoisotopic (exact) mass is 173 g/mol. The van der Waals surface area contributed by atoms with Crippen LogP contribution < -0.4 is 10.4 Å². The molecule has 0 aromatic carbocycles. The maximum Gasteiger partial charge on any atom is 0.268 e. The summed E-state index contributed by atoms with van der Waals surface area (Å²) in [4.78, 5) is 21.0. The molecule has 0 aliphatic carbocycles. The van der Waals surface area contributed by atoms with Crippen LogP contribution in [0.1, 0.15) is 13.3 Å². The Labute approximate surface area is 68.7 Å². The van der Waals surface area contributed by atoms with Gasteiger partial charge in [0.1, 0.15) is 12.1 Å². The SMILES string of the molecule is CC1CC(NC(=O)[O-])C(=O)N1O. The Morgan fingerprint density at radius 3 is 2.75 bits per heavy atom. The van der Waals surface area contributed by atoms with E-state index in [4.69, 9.17) is 5.21 Å². The molecule has 0 saturated carbocycles. The number of carbonyl (C=O) groups is 2. The Morgan fingerprint density at radius 2 is 2.42 bits per heavy atom. The van der Waals surface area contributed by atoms with E-state index in [2.05, 4.69) is 0 Å². The average Bonchev–Trinajstić information content (AvgIpc) is 2.17. The van der Waals surface area contributed by atoms with Crippen LogP contribution in [0.5, 0.6) is 0 Å². The van der Waals surface area contributed by atoms with Gasteiger partial charge in [-0.1, -0.05) is 0 Å². The van der Waals surface area contributed by atoms with Crippen molar-refractivity contribution < 1.29 is 19.9 Å². The van der Waals surface area contributed by atoms with Gasteiger partial charge in [-0.2, -0.15) is 0 Å². The molecular formula is C6H9N2O4-. The third-order valence-electron chi connectivity index (χ3n) is 1.81. The summed E-state index contributed by atoms with van der Waals surface area (Å²) in [5.41, 5.74) is 0. The van der Waals surface area contributed by atoms with Gasteiger partial charge in [-0.25, -0.2) is 5.06 Å². The summed E-state index contributed by atoms with van der Waals surface area (Å²) in [6.45, 7) is 1.62. The summed E-state index contributed by atoms with van der Waals surface area (Å²) < 4.78 is 0. The van der Waals surface area contributed by atoms with Gasteiger partial charge in [0, 0.05) is 0 Å². The van der Waals surface area contributed by atoms with E-state index in [0.717, 1.165) is 0 Å². The summed E-state index contributed by atoms with van der Waals surface area (Å²) in [7, 11) is 0. The lowest BCUT2D eigenvalue weighted by molar-refractivity contribution is -0.251. The average molecular weight is 173 g/mol. The van der Waals surface area contributed by atoms with Crippen molar-refractivity contribution >= 4 is 12.0 Å². The number of hydrogen-bond donors (Lipinski definition) is 2. The lowest BCUT2D eigenvalue weighted by Crippen LogP contribution is -2.46. The molecule has 1 aliphatic rings. The normalized spacial score (nSPS) is 29.2. The number of hydrogen-bond acceptors (Lipinski definition) is 4. The molecule has 2 atom stereocenters. The number of nitrogens with zero attached hydrogens (tertiary/aromatic N) is 1. The van der Waals surface area contributed by atoms with Crippen LogP contribution in [0, 0.1) is 0 Å². The highest BCUT2D eigenvalue weighted by Gasteiger charge is 2.36. The van der Waals surface area contributed by atoms with Crippen LogP contribution in [0.2, 0.25) is 0 Å². The molecule has 1 aliphatic heterocycles. The van der Waals surface area contributed by atoms with Gasteiger partial charge in [0.2, 0.25) is 0 Å². The molecular weight excluding hydrogens is 164 g/mol. The van der Waals surface area contributed by atoms with Crippen LogP contribution in [-0.4, -0.2) is 34.4 Å². The number of hydroxylamine groups is 2. The van der Waals surface area contributed by atoms with Crippen LogP contribution in [0.15, 0.2) is 0 Å². The molecule has 2 N–H and O–H groups in total. The Morgan fingerprint density at radius 1 is 1.83 bits per heavy atom. The van der Waals surface area contributed by atoms with Gasteiger partial charge in [-0.05, 0) is 13.3 Å². The molecule has 0 aromatic rings. The molecule has 1 fully saturated rings. The maximum atomic E-state index is 11.0.